The molecule has 0 bridgehead atoms. The van der Waals surface area contributed by atoms with Crippen LogP contribution in [0.4, 0.5) is 11.4 Å². The molecule has 3 aromatic carbocycles. The number of anilines is 2. The highest BCUT2D eigenvalue weighted by atomic mass is 79.9. The van der Waals surface area contributed by atoms with E-state index < -0.39 is 0 Å². The van der Waals surface area contributed by atoms with Crippen molar-refractivity contribution in [1.29, 1.82) is 0 Å². The Hall–Kier alpha value is -3.56. The number of carbonyl (C=O) groups excluding carboxylic acids is 3. The van der Waals surface area contributed by atoms with Gasteiger partial charge in [-0.1, -0.05) is 41.5 Å². The topological polar surface area (TPSA) is 87.7 Å². The lowest BCUT2D eigenvalue weighted by molar-refractivity contribution is -0.137. The lowest BCUT2D eigenvalue weighted by atomic mass is 10.2. The highest BCUT2D eigenvalue weighted by Crippen LogP contribution is 2.36. The third-order valence-electron chi connectivity index (χ3n) is 5.47. The van der Waals surface area contributed by atoms with Crippen LogP contribution in [0.5, 0.6) is 5.75 Å². The van der Waals surface area contributed by atoms with Gasteiger partial charge in [0.05, 0.1) is 7.11 Å². The van der Waals surface area contributed by atoms with Gasteiger partial charge < -0.3 is 15.4 Å². The first-order valence-corrected chi connectivity index (χ1v) is 13.2. The number of ether oxygens (including phenoxy) is 1. The number of benzene rings is 3. The standard InChI is InChI=1S/C28H26BrN3O4S/c1-17(2)16-32-27(34)24(30-20-8-12-22(36-3)13-9-20)25(28(32)35)37-23-14-10-21(11-15-23)31-26(33)18-4-6-19(29)7-5-18/h4-15,17,30H,16H2,1-3H3,(H,31,33). The first-order chi connectivity index (χ1) is 17.7. The number of rotatable bonds is 9. The first-order valence-electron chi connectivity index (χ1n) is 11.6. The largest absolute Gasteiger partial charge is 0.497 e. The molecule has 7 nitrogen and oxygen atoms in total. The molecule has 1 aliphatic rings. The third kappa shape index (κ3) is 6.42. The van der Waals surface area contributed by atoms with E-state index in [9.17, 15) is 14.4 Å². The number of methoxy groups -OCH3 is 1. The van der Waals surface area contributed by atoms with E-state index in [4.69, 9.17) is 4.74 Å². The zero-order chi connectivity index (χ0) is 26.5. The van der Waals surface area contributed by atoms with Gasteiger partial charge >= 0.3 is 0 Å². The Bertz CT molecular complexity index is 1340. The monoisotopic (exact) mass is 579 g/mol. The average molecular weight is 581 g/mol. The van der Waals surface area contributed by atoms with Gasteiger partial charge in [0, 0.05) is 32.9 Å². The molecule has 0 saturated carbocycles. The van der Waals surface area contributed by atoms with Gasteiger partial charge in [-0.25, -0.2) is 0 Å². The van der Waals surface area contributed by atoms with Gasteiger partial charge in [0.2, 0.25) is 0 Å². The van der Waals surface area contributed by atoms with Gasteiger partial charge in [-0.3, -0.25) is 19.3 Å². The number of hydrogen-bond donors (Lipinski definition) is 2. The SMILES string of the molecule is COc1ccc(NC2=C(Sc3ccc(NC(=O)c4ccc(Br)cc4)cc3)C(=O)N(CC(C)C)C2=O)cc1. The molecule has 0 spiro atoms. The minimum atomic E-state index is -0.351. The summed E-state index contributed by atoms with van der Waals surface area (Å²) in [6, 6.07) is 21.4. The number of halogens is 1. The zero-order valence-corrected chi connectivity index (χ0v) is 23.0. The highest BCUT2D eigenvalue weighted by molar-refractivity contribution is 9.10. The number of nitrogens with one attached hydrogen (secondary N) is 2. The summed E-state index contributed by atoms with van der Waals surface area (Å²) in [6.07, 6.45) is 0. The van der Waals surface area contributed by atoms with Crippen molar-refractivity contribution in [2.24, 2.45) is 5.92 Å². The number of thioether (sulfide) groups is 1. The molecule has 0 aliphatic carbocycles. The summed E-state index contributed by atoms with van der Waals surface area (Å²) in [5, 5.41) is 6.00. The smallest absolute Gasteiger partial charge is 0.278 e. The number of hydrogen-bond acceptors (Lipinski definition) is 6. The second kappa shape index (κ2) is 11.7. The molecule has 1 aliphatic heterocycles. The fourth-order valence-electron chi connectivity index (χ4n) is 3.64. The molecule has 0 saturated heterocycles. The summed E-state index contributed by atoms with van der Waals surface area (Å²) in [4.78, 5) is 41.3. The maximum Gasteiger partial charge on any atom is 0.278 e. The van der Waals surface area contributed by atoms with Crippen molar-refractivity contribution in [2.75, 3.05) is 24.3 Å². The molecule has 0 fully saturated rings. The first kappa shape index (κ1) is 26.5. The van der Waals surface area contributed by atoms with Gasteiger partial charge in [0.15, 0.2) is 0 Å². The molecular formula is C28H26BrN3O4S. The Labute approximate surface area is 228 Å². The van der Waals surface area contributed by atoms with Crippen LogP contribution in [0.2, 0.25) is 0 Å². The summed E-state index contributed by atoms with van der Waals surface area (Å²) in [5.74, 6) is -0.0741. The molecule has 9 heteroatoms. The number of imide groups is 1. The molecule has 3 amide bonds. The average Bonchev–Trinajstić information content (AvgIpc) is 3.09. The summed E-state index contributed by atoms with van der Waals surface area (Å²) in [6.45, 7) is 4.25. The predicted octanol–water partition coefficient (Wildman–Crippen LogP) is 6.15. The number of nitrogens with zero attached hydrogens (tertiary/aromatic N) is 1. The van der Waals surface area contributed by atoms with Crippen LogP contribution in [0.1, 0.15) is 24.2 Å². The Morgan fingerprint density at radius 2 is 1.54 bits per heavy atom. The number of amides is 3. The van der Waals surface area contributed by atoms with Crippen molar-refractivity contribution in [2.45, 2.75) is 18.7 Å². The zero-order valence-electron chi connectivity index (χ0n) is 20.6. The van der Waals surface area contributed by atoms with Gasteiger partial charge in [0.1, 0.15) is 16.4 Å². The van der Waals surface area contributed by atoms with Crippen LogP contribution in [-0.2, 0) is 9.59 Å². The second-order valence-electron chi connectivity index (χ2n) is 8.76. The fourth-order valence-corrected chi connectivity index (χ4v) is 4.85. The fraction of sp³-hybridized carbons (Fsp3) is 0.179. The molecule has 190 valence electrons. The van der Waals surface area contributed by atoms with Crippen molar-refractivity contribution in [3.63, 3.8) is 0 Å². The van der Waals surface area contributed by atoms with Crippen LogP contribution in [0.3, 0.4) is 0 Å². The van der Waals surface area contributed by atoms with Crippen molar-refractivity contribution in [3.8, 4) is 5.75 Å². The summed E-state index contributed by atoms with van der Waals surface area (Å²) in [5.41, 5.74) is 2.08. The van der Waals surface area contributed by atoms with Crippen molar-refractivity contribution < 1.29 is 19.1 Å². The molecule has 0 atom stereocenters. The Balaban J connectivity index is 1.54. The minimum absolute atomic E-state index is 0.133. The molecule has 37 heavy (non-hydrogen) atoms. The molecular weight excluding hydrogens is 554 g/mol. The molecule has 4 rings (SSSR count). The summed E-state index contributed by atoms with van der Waals surface area (Å²) < 4.78 is 6.10. The maximum absolute atomic E-state index is 13.3. The Morgan fingerprint density at radius 3 is 2.14 bits per heavy atom. The van der Waals surface area contributed by atoms with Crippen LogP contribution in [0.25, 0.3) is 0 Å². The molecule has 3 aromatic rings. The van der Waals surface area contributed by atoms with E-state index in [1.165, 1.54) is 16.7 Å². The summed E-state index contributed by atoms with van der Waals surface area (Å²) >= 11 is 4.58. The van der Waals surface area contributed by atoms with Gasteiger partial charge in [-0.15, -0.1) is 0 Å². The molecule has 0 aromatic heterocycles. The van der Waals surface area contributed by atoms with E-state index in [1.807, 2.05) is 38.1 Å². The van der Waals surface area contributed by atoms with Gasteiger partial charge in [-0.2, -0.15) is 0 Å². The predicted molar refractivity (Wildman–Crippen MR) is 150 cm³/mol. The van der Waals surface area contributed by atoms with Crippen LogP contribution in [-0.4, -0.2) is 36.3 Å². The quantitative estimate of drug-likeness (QED) is 0.295. The lowest BCUT2D eigenvalue weighted by Gasteiger charge is -2.17. The lowest BCUT2D eigenvalue weighted by Crippen LogP contribution is -2.35. The van der Waals surface area contributed by atoms with Crippen LogP contribution < -0.4 is 15.4 Å². The van der Waals surface area contributed by atoms with Crippen LogP contribution in [0, 0.1) is 5.92 Å². The number of carbonyl (C=O) groups is 3. The van der Waals surface area contributed by atoms with Crippen molar-refractivity contribution in [3.05, 3.63) is 93.4 Å². The Kier molecular flexibility index (Phi) is 8.35. The van der Waals surface area contributed by atoms with Crippen LogP contribution >= 0.6 is 27.7 Å². The van der Waals surface area contributed by atoms with E-state index in [0.29, 0.717) is 34.1 Å². The normalized spacial score (nSPS) is 13.4. The van der Waals surface area contributed by atoms with Gasteiger partial charge in [0.25, 0.3) is 17.7 Å². The summed E-state index contributed by atoms with van der Waals surface area (Å²) in [7, 11) is 1.58. The Morgan fingerprint density at radius 1 is 0.919 bits per heavy atom. The highest BCUT2D eigenvalue weighted by Gasteiger charge is 2.39. The maximum atomic E-state index is 13.3. The molecule has 0 radical (unpaired) electrons. The van der Waals surface area contributed by atoms with E-state index in [1.54, 1.807) is 55.6 Å². The van der Waals surface area contributed by atoms with Crippen LogP contribution in [0.15, 0.2) is 92.8 Å². The van der Waals surface area contributed by atoms with E-state index >= 15 is 0 Å². The third-order valence-corrected chi connectivity index (χ3v) is 7.09. The van der Waals surface area contributed by atoms with Crippen molar-refractivity contribution in [1.82, 2.24) is 4.90 Å². The minimum Gasteiger partial charge on any atom is -0.497 e. The van der Waals surface area contributed by atoms with E-state index in [2.05, 4.69) is 26.6 Å². The van der Waals surface area contributed by atoms with E-state index in [-0.39, 0.29) is 29.3 Å². The van der Waals surface area contributed by atoms with Gasteiger partial charge in [-0.05, 0) is 78.7 Å². The van der Waals surface area contributed by atoms with E-state index in [0.717, 1.165) is 9.37 Å². The molecule has 1 heterocycles. The molecule has 2 N–H and O–H groups in total. The molecule has 0 unspecified atom stereocenters. The second-order valence-corrected chi connectivity index (χ2v) is 10.8. The van der Waals surface area contributed by atoms with Crippen molar-refractivity contribution >= 4 is 56.8 Å².